The monoisotopic (exact) mass is 449 g/mol. The Bertz CT molecular complexity index is 1180. The summed E-state index contributed by atoms with van der Waals surface area (Å²) in [7, 11) is 0. The lowest BCUT2D eigenvalue weighted by Gasteiger charge is -2.23. The number of hydrogen-bond donors (Lipinski definition) is 2. The van der Waals surface area contributed by atoms with Crippen molar-refractivity contribution in [3.8, 4) is 0 Å². The number of anilines is 1. The van der Waals surface area contributed by atoms with Crippen LogP contribution in [0.1, 0.15) is 71.2 Å². The van der Waals surface area contributed by atoms with Gasteiger partial charge in [0.05, 0.1) is 10.9 Å². The molecule has 2 aliphatic heterocycles. The van der Waals surface area contributed by atoms with E-state index in [-0.39, 0.29) is 11.8 Å². The number of H-pyrrole nitrogens is 1. The van der Waals surface area contributed by atoms with Crippen molar-refractivity contribution in [2.75, 3.05) is 31.6 Å². The molecule has 5 heterocycles. The number of likely N-dealkylation sites (tertiary alicyclic amines) is 1. The van der Waals surface area contributed by atoms with Crippen LogP contribution >= 0.6 is 0 Å². The van der Waals surface area contributed by atoms with E-state index in [1.807, 2.05) is 11.8 Å². The van der Waals surface area contributed by atoms with Crippen molar-refractivity contribution in [1.29, 1.82) is 0 Å². The van der Waals surface area contributed by atoms with Gasteiger partial charge in [-0.25, -0.2) is 4.98 Å². The van der Waals surface area contributed by atoms with Gasteiger partial charge >= 0.3 is 0 Å². The first-order chi connectivity index (χ1) is 16.2. The van der Waals surface area contributed by atoms with E-state index in [9.17, 15) is 4.79 Å². The highest BCUT2D eigenvalue weighted by atomic mass is 16.5. The van der Waals surface area contributed by atoms with E-state index in [1.54, 1.807) is 0 Å². The van der Waals surface area contributed by atoms with Crippen LogP contribution in [0.4, 0.5) is 5.82 Å². The summed E-state index contributed by atoms with van der Waals surface area (Å²) in [4.78, 5) is 20.3. The largest absolute Gasteiger partial charge is 0.465 e. The summed E-state index contributed by atoms with van der Waals surface area (Å²) in [6, 6.07) is 4.58. The lowest BCUT2D eigenvalue weighted by molar-refractivity contribution is 0.0788. The smallest absolute Gasteiger partial charge is 0.257 e. The van der Waals surface area contributed by atoms with E-state index in [0.29, 0.717) is 12.6 Å². The average Bonchev–Trinajstić information content (AvgIpc) is 3.56. The second-order valence-electron chi connectivity index (χ2n) is 9.61. The zero-order valence-electron chi connectivity index (χ0n) is 19.2. The number of nitrogens with zero attached hydrogens (tertiary/aromatic N) is 3. The molecule has 1 unspecified atom stereocenters. The van der Waals surface area contributed by atoms with Crippen LogP contribution in [0, 0.1) is 6.92 Å². The van der Waals surface area contributed by atoms with Gasteiger partial charge in [0.15, 0.2) is 11.5 Å². The minimum absolute atomic E-state index is 0.118. The van der Waals surface area contributed by atoms with E-state index in [2.05, 4.69) is 27.6 Å². The second-order valence-corrected chi connectivity index (χ2v) is 9.61. The van der Waals surface area contributed by atoms with Gasteiger partial charge in [-0.1, -0.05) is 0 Å². The van der Waals surface area contributed by atoms with Gasteiger partial charge in [0.1, 0.15) is 11.5 Å². The quantitative estimate of drug-likeness (QED) is 0.626. The molecular formula is C25H31N5O3. The van der Waals surface area contributed by atoms with Crippen LogP contribution in [-0.2, 0) is 17.6 Å². The van der Waals surface area contributed by atoms with Crippen LogP contribution in [0.15, 0.2) is 16.5 Å². The number of ether oxygens (including phenoxy) is 1. The van der Waals surface area contributed by atoms with Crippen LogP contribution in [0.5, 0.6) is 0 Å². The molecule has 0 spiro atoms. The fourth-order valence-electron chi connectivity index (χ4n) is 5.62. The molecule has 3 aromatic rings. The van der Waals surface area contributed by atoms with Gasteiger partial charge in [0.25, 0.3) is 5.91 Å². The molecule has 2 N–H and O–H groups in total. The van der Waals surface area contributed by atoms with Crippen LogP contribution in [-0.4, -0.2) is 58.3 Å². The summed E-state index contributed by atoms with van der Waals surface area (Å²) in [6.45, 7) is 4.96. The normalized spacial score (nSPS) is 21.5. The Kier molecular flexibility index (Phi) is 5.32. The summed E-state index contributed by atoms with van der Waals surface area (Å²) >= 11 is 0. The summed E-state index contributed by atoms with van der Waals surface area (Å²) in [5.41, 5.74) is 3.77. The molecule has 33 heavy (non-hydrogen) atoms. The number of rotatable bonds is 4. The summed E-state index contributed by atoms with van der Waals surface area (Å²) in [5.74, 6) is 3.01. The lowest BCUT2D eigenvalue weighted by atomic mass is 9.94. The van der Waals surface area contributed by atoms with Gasteiger partial charge in [-0.2, -0.15) is 5.10 Å². The molecular weight excluding hydrogens is 418 g/mol. The van der Waals surface area contributed by atoms with Gasteiger partial charge in [-0.3, -0.25) is 9.89 Å². The Balaban J connectivity index is 1.17. The third-order valence-electron chi connectivity index (χ3n) is 7.46. The molecule has 0 aromatic carbocycles. The summed E-state index contributed by atoms with van der Waals surface area (Å²) in [6.07, 6.45) is 7.08. The Hall–Kier alpha value is -2.87. The Morgan fingerprint density at radius 2 is 2.03 bits per heavy atom. The second kappa shape index (κ2) is 8.48. The number of pyridine rings is 1. The Morgan fingerprint density at radius 3 is 2.91 bits per heavy atom. The predicted octanol–water partition coefficient (Wildman–Crippen LogP) is 3.96. The SMILES string of the molecule is Cc1oc2c(c1C(=O)N1CCC(c3ccc4c(NC5CCOCC5)n[nH]c4n3)C1)CCCC2. The standard InChI is InChI=1S/C25H31N5O3/c1-15-22(18-4-2-3-5-21(18)33-15)25(31)30-11-8-16(14-30)20-7-6-19-23(28-29-24(19)27-20)26-17-9-12-32-13-10-17/h6-7,16-17H,2-5,8-14H2,1H3,(H2,26,27,28,29). The maximum Gasteiger partial charge on any atom is 0.257 e. The minimum Gasteiger partial charge on any atom is -0.465 e. The van der Waals surface area contributed by atoms with Gasteiger partial charge in [0, 0.05) is 55.9 Å². The number of carbonyl (C=O) groups excluding carboxylic acids is 1. The zero-order chi connectivity index (χ0) is 22.4. The number of amides is 1. The van der Waals surface area contributed by atoms with E-state index >= 15 is 0 Å². The molecule has 8 nitrogen and oxygen atoms in total. The van der Waals surface area contributed by atoms with Crippen molar-refractivity contribution in [3.63, 3.8) is 0 Å². The van der Waals surface area contributed by atoms with Crippen LogP contribution in [0.3, 0.4) is 0 Å². The van der Waals surface area contributed by atoms with Crippen molar-refractivity contribution in [1.82, 2.24) is 20.1 Å². The first-order valence-corrected chi connectivity index (χ1v) is 12.3. The average molecular weight is 450 g/mol. The molecule has 6 rings (SSSR count). The third kappa shape index (κ3) is 3.80. The molecule has 0 bridgehead atoms. The van der Waals surface area contributed by atoms with Crippen LogP contribution in [0.2, 0.25) is 0 Å². The van der Waals surface area contributed by atoms with Crippen LogP contribution < -0.4 is 5.32 Å². The fourth-order valence-corrected chi connectivity index (χ4v) is 5.62. The molecule has 3 aliphatic rings. The molecule has 2 saturated heterocycles. The Morgan fingerprint density at radius 1 is 1.18 bits per heavy atom. The number of aromatic amines is 1. The number of furan rings is 1. The highest BCUT2D eigenvalue weighted by Gasteiger charge is 2.33. The lowest BCUT2D eigenvalue weighted by Crippen LogP contribution is -2.29. The molecule has 8 heteroatoms. The zero-order valence-corrected chi connectivity index (χ0v) is 19.2. The highest BCUT2D eigenvalue weighted by Crippen LogP contribution is 2.34. The van der Waals surface area contributed by atoms with Gasteiger partial charge in [0.2, 0.25) is 0 Å². The first kappa shape index (κ1) is 20.7. The first-order valence-electron chi connectivity index (χ1n) is 12.3. The van der Waals surface area contributed by atoms with E-state index < -0.39 is 0 Å². The molecule has 174 valence electrons. The third-order valence-corrected chi connectivity index (χ3v) is 7.46. The molecule has 1 atom stereocenters. The van der Waals surface area contributed by atoms with Gasteiger partial charge in [-0.05, 0) is 57.6 Å². The molecule has 1 amide bonds. The topological polar surface area (TPSA) is 96.3 Å². The molecule has 1 aliphatic carbocycles. The number of fused-ring (bicyclic) bond motifs is 2. The minimum atomic E-state index is 0.118. The van der Waals surface area contributed by atoms with E-state index in [1.165, 1.54) is 0 Å². The molecule has 0 radical (unpaired) electrons. The summed E-state index contributed by atoms with van der Waals surface area (Å²) < 4.78 is 11.4. The number of nitrogens with one attached hydrogen (secondary N) is 2. The highest BCUT2D eigenvalue weighted by molar-refractivity contribution is 5.97. The van der Waals surface area contributed by atoms with Gasteiger partial charge < -0.3 is 19.4 Å². The van der Waals surface area contributed by atoms with Gasteiger partial charge in [-0.15, -0.1) is 0 Å². The number of aromatic nitrogens is 3. The number of aryl methyl sites for hydroxylation is 2. The van der Waals surface area contributed by atoms with Crippen LogP contribution in [0.25, 0.3) is 11.0 Å². The maximum atomic E-state index is 13.4. The van der Waals surface area contributed by atoms with E-state index in [4.69, 9.17) is 14.1 Å². The predicted molar refractivity (Wildman–Crippen MR) is 125 cm³/mol. The van der Waals surface area contributed by atoms with Crippen molar-refractivity contribution in [3.05, 3.63) is 40.5 Å². The van der Waals surface area contributed by atoms with E-state index in [0.717, 1.165) is 110 Å². The number of hydrogen-bond acceptors (Lipinski definition) is 6. The fraction of sp³-hybridized carbons (Fsp3) is 0.560. The molecule has 3 aromatic heterocycles. The molecule has 0 saturated carbocycles. The summed E-state index contributed by atoms with van der Waals surface area (Å²) in [5, 5.41) is 12.1. The Labute approximate surface area is 193 Å². The van der Waals surface area contributed by atoms with Crippen molar-refractivity contribution in [2.24, 2.45) is 0 Å². The van der Waals surface area contributed by atoms with Crippen molar-refractivity contribution in [2.45, 2.75) is 63.8 Å². The maximum absolute atomic E-state index is 13.4. The van der Waals surface area contributed by atoms with Crippen molar-refractivity contribution >= 4 is 22.8 Å². The number of carbonyl (C=O) groups is 1. The molecule has 2 fully saturated rings. The van der Waals surface area contributed by atoms with Crippen molar-refractivity contribution < 1.29 is 13.9 Å².